The van der Waals surface area contributed by atoms with Gasteiger partial charge in [-0.15, -0.1) is 0 Å². The maximum Gasteiger partial charge on any atom is 0.233 e. The summed E-state index contributed by atoms with van der Waals surface area (Å²) in [7, 11) is 1.63. The molecule has 0 saturated heterocycles. The van der Waals surface area contributed by atoms with Gasteiger partial charge in [0, 0.05) is 38.5 Å². The number of hydrogen-bond acceptors (Lipinski definition) is 12. The second kappa shape index (κ2) is 18.3. The molecule has 0 radical (unpaired) electrons. The number of benzene rings is 2. The Morgan fingerprint density at radius 2 is 1.49 bits per heavy atom. The van der Waals surface area contributed by atoms with Gasteiger partial charge in [-0.2, -0.15) is 15.0 Å². The molecule has 0 aliphatic carbocycles. The summed E-state index contributed by atoms with van der Waals surface area (Å²) in [4.78, 5) is 25.6. The van der Waals surface area contributed by atoms with Crippen LogP contribution in [0.1, 0.15) is 17.5 Å². The minimum atomic E-state index is -0.0858. The average molecular weight is 569 g/mol. The van der Waals surface area contributed by atoms with Crippen LogP contribution < -0.4 is 31.7 Å². The van der Waals surface area contributed by atoms with Crippen LogP contribution in [0.2, 0.25) is 0 Å². The molecule has 0 bridgehead atoms. The van der Waals surface area contributed by atoms with Crippen molar-refractivity contribution in [1.82, 2.24) is 20.3 Å². The zero-order chi connectivity index (χ0) is 29.1. The van der Waals surface area contributed by atoms with Crippen LogP contribution in [0.4, 0.5) is 23.5 Å². The normalized spacial score (nSPS) is 10.7. The lowest BCUT2D eigenvalue weighted by molar-refractivity contribution is -0.120. The number of nitrogens with one attached hydrogen (secondary N) is 4. The van der Waals surface area contributed by atoms with E-state index in [0.29, 0.717) is 76.9 Å². The Morgan fingerprint density at radius 1 is 0.829 bits per heavy atom. The third kappa shape index (κ3) is 12.3. The van der Waals surface area contributed by atoms with Gasteiger partial charge in [-0.3, -0.25) is 4.79 Å². The fourth-order valence-electron chi connectivity index (χ4n) is 3.54. The Bertz CT molecular complexity index is 1170. The number of ether oxygens (including phenoxy) is 3. The van der Waals surface area contributed by atoms with Crippen LogP contribution in [0.3, 0.4) is 0 Å². The van der Waals surface area contributed by atoms with Crippen LogP contribution in [0.25, 0.3) is 0 Å². The van der Waals surface area contributed by atoms with E-state index in [4.69, 9.17) is 25.1 Å². The number of anilines is 4. The van der Waals surface area contributed by atoms with Gasteiger partial charge in [-0.1, -0.05) is 24.3 Å². The van der Waals surface area contributed by atoms with E-state index in [1.807, 2.05) is 48.5 Å². The van der Waals surface area contributed by atoms with Crippen molar-refractivity contribution < 1.29 is 24.1 Å². The van der Waals surface area contributed by atoms with Gasteiger partial charge in [-0.25, -0.2) is 0 Å². The second-order valence-electron chi connectivity index (χ2n) is 8.87. The number of aliphatic hydroxyl groups excluding tert-OH is 1. The molecule has 3 rings (SSSR count). The molecule has 2 aromatic carbocycles. The minimum absolute atomic E-state index is 0.0645. The predicted octanol–water partition coefficient (Wildman–Crippen LogP) is 1.68. The van der Waals surface area contributed by atoms with Crippen molar-refractivity contribution in [2.24, 2.45) is 5.73 Å². The minimum Gasteiger partial charge on any atom is -0.497 e. The molecular weight excluding hydrogens is 528 g/mol. The molecule has 1 aromatic heterocycles. The summed E-state index contributed by atoms with van der Waals surface area (Å²) < 4.78 is 15.9. The molecule has 41 heavy (non-hydrogen) atoms. The Morgan fingerprint density at radius 3 is 2.17 bits per heavy atom. The fourth-order valence-corrected chi connectivity index (χ4v) is 3.54. The highest BCUT2D eigenvalue weighted by atomic mass is 16.5. The standard InChI is InChI=1S/C28H40N8O5/c1-39-24-9-5-22(6-10-24)20-32-27-34-26(31-12-2-14-37)35-28(36-27)33-23-7-3-21(4-8-23)19-25(38)30-13-16-41-18-17-40-15-11-29/h3-10,37H,2,11-20,29H2,1H3,(H,30,38)(H3,31,32,33,34,35,36). The van der Waals surface area contributed by atoms with Gasteiger partial charge in [0.1, 0.15) is 5.75 Å². The molecule has 0 aliphatic heterocycles. The molecular formula is C28H40N8O5. The van der Waals surface area contributed by atoms with Gasteiger partial charge in [0.15, 0.2) is 0 Å². The summed E-state index contributed by atoms with van der Waals surface area (Å²) in [5.41, 5.74) is 8.02. The lowest BCUT2D eigenvalue weighted by Gasteiger charge is -2.12. The molecule has 1 heterocycles. The largest absolute Gasteiger partial charge is 0.497 e. The number of methoxy groups -OCH3 is 1. The zero-order valence-corrected chi connectivity index (χ0v) is 23.4. The van der Waals surface area contributed by atoms with Crippen LogP contribution in [-0.2, 0) is 27.2 Å². The molecule has 0 fully saturated rings. The molecule has 0 atom stereocenters. The molecule has 13 nitrogen and oxygen atoms in total. The van der Waals surface area contributed by atoms with E-state index < -0.39 is 0 Å². The van der Waals surface area contributed by atoms with Crippen molar-refractivity contribution >= 4 is 29.4 Å². The number of aliphatic hydroxyl groups is 1. The van der Waals surface area contributed by atoms with Crippen molar-refractivity contribution in [3.8, 4) is 5.75 Å². The van der Waals surface area contributed by atoms with Gasteiger partial charge in [0.2, 0.25) is 23.8 Å². The fraction of sp³-hybridized carbons (Fsp3) is 0.429. The highest BCUT2D eigenvalue weighted by Gasteiger charge is 2.09. The molecule has 1 amide bonds. The molecule has 7 N–H and O–H groups in total. The van der Waals surface area contributed by atoms with E-state index in [-0.39, 0.29) is 18.9 Å². The summed E-state index contributed by atoms with van der Waals surface area (Å²) in [6.07, 6.45) is 0.819. The summed E-state index contributed by atoms with van der Waals surface area (Å²) in [5.74, 6) is 1.83. The summed E-state index contributed by atoms with van der Waals surface area (Å²) >= 11 is 0. The molecule has 0 aliphatic rings. The Hall–Kier alpha value is -4.04. The van der Waals surface area contributed by atoms with Gasteiger partial charge >= 0.3 is 0 Å². The molecule has 13 heteroatoms. The van der Waals surface area contributed by atoms with Crippen molar-refractivity contribution in [1.29, 1.82) is 0 Å². The van der Waals surface area contributed by atoms with Crippen LogP contribution in [0.15, 0.2) is 48.5 Å². The number of aromatic nitrogens is 3. The van der Waals surface area contributed by atoms with E-state index in [9.17, 15) is 4.79 Å². The number of nitrogens with zero attached hydrogens (tertiary/aromatic N) is 3. The van der Waals surface area contributed by atoms with Gasteiger partial charge in [0.25, 0.3) is 0 Å². The molecule has 0 spiro atoms. The van der Waals surface area contributed by atoms with Crippen LogP contribution >= 0.6 is 0 Å². The zero-order valence-electron chi connectivity index (χ0n) is 23.4. The maximum atomic E-state index is 12.3. The van der Waals surface area contributed by atoms with Crippen molar-refractivity contribution in [3.63, 3.8) is 0 Å². The average Bonchev–Trinajstić information content (AvgIpc) is 2.99. The number of amides is 1. The van der Waals surface area contributed by atoms with E-state index in [1.54, 1.807) is 7.11 Å². The quantitative estimate of drug-likeness (QED) is 0.109. The summed E-state index contributed by atoms with van der Waals surface area (Å²) in [5, 5.41) is 21.5. The Balaban J connectivity index is 1.52. The Kier molecular flexibility index (Phi) is 14.1. The van der Waals surface area contributed by atoms with Gasteiger partial charge in [0.05, 0.1) is 40.0 Å². The highest BCUT2D eigenvalue weighted by molar-refractivity contribution is 5.78. The highest BCUT2D eigenvalue weighted by Crippen LogP contribution is 2.18. The third-order valence-electron chi connectivity index (χ3n) is 5.64. The molecule has 0 unspecified atom stereocenters. The number of nitrogens with two attached hydrogens (primary N) is 1. The van der Waals surface area contributed by atoms with Crippen molar-refractivity contribution in [3.05, 3.63) is 59.7 Å². The third-order valence-corrected chi connectivity index (χ3v) is 5.64. The smallest absolute Gasteiger partial charge is 0.233 e. The van der Waals surface area contributed by atoms with Crippen LogP contribution in [-0.4, -0.2) is 85.7 Å². The molecule has 3 aromatic rings. The first-order valence-corrected chi connectivity index (χ1v) is 13.6. The van der Waals surface area contributed by atoms with Crippen LogP contribution in [0, 0.1) is 0 Å². The number of carbonyl (C=O) groups excluding carboxylic acids is 1. The van der Waals surface area contributed by atoms with E-state index in [2.05, 4.69) is 36.2 Å². The maximum absolute atomic E-state index is 12.3. The van der Waals surface area contributed by atoms with Crippen molar-refractivity contribution in [2.45, 2.75) is 19.4 Å². The monoisotopic (exact) mass is 568 g/mol. The topological polar surface area (TPSA) is 178 Å². The SMILES string of the molecule is COc1ccc(CNc2nc(NCCCO)nc(Nc3ccc(CC(=O)NCCOCCOCCN)cc3)n2)cc1. The van der Waals surface area contributed by atoms with Gasteiger partial charge < -0.3 is 46.3 Å². The van der Waals surface area contributed by atoms with E-state index >= 15 is 0 Å². The van der Waals surface area contributed by atoms with E-state index in [0.717, 1.165) is 22.6 Å². The van der Waals surface area contributed by atoms with Crippen LogP contribution in [0.5, 0.6) is 5.75 Å². The summed E-state index contributed by atoms with van der Waals surface area (Å²) in [6.45, 7) is 3.88. The molecule has 0 saturated carbocycles. The second-order valence-corrected chi connectivity index (χ2v) is 8.87. The molecule has 222 valence electrons. The number of rotatable bonds is 20. The van der Waals surface area contributed by atoms with E-state index in [1.165, 1.54) is 0 Å². The Labute approximate surface area is 240 Å². The number of carbonyl (C=O) groups is 1. The first kappa shape index (κ1) is 31.5. The summed E-state index contributed by atoms with van der Waals surface area (Å²) in [6, 6.07) is 15.2. The first-order chi connectivity index (χ1) is 20.1. The van der Waals surface area contributed by atoms with Gasteiger partial charge in [-0.05, 0) is 41.8 Å². The lowest BCUT2D eigenvalue weighted by Crippen LogP contribution is -2.29. The predicted molar refractivity (Wildman–Crippen MR) is 157 cm³/mol. The first-order valence-electron chi connectivity index (χ1n) is 13.6. The number of hydrogen-bond donors (Lipinski definition) is 6. The lowest BCUT2D eigenvalue weighted by atomic mass is 10.1. The van der Waals surface area contributed by atoms with Crippen molar-refractivity contribution in [2.75, 3.05) is 75.7 Å².